The minimum absolute atomic E-state index is 0.0346. The van der Waals surface area contributed by atoms with Crippen LogP contribution >= 0.6 is 0 Å². The molecule has 0 amide bonds. The average Bonchev–Trinajstić information content (AvgIpc) is 2.73. The van der Waals surface area contributed by atoms with Crippen LogP contribution in [0.1, 0.15) is 12.5 Å². The first-order valence-corrected chi connectivity index (χ1v) is 5.63. The van der Waals surface area contributed by atoms with Crippen molar-refractivity contribution in [1.29, 1.82) is 0 Å². The van der Waals surface area contributed by atoms with E-state index in [1.54, 1.807) is 0 Å². The highest BCUT2D eigenvalue weighted by Crippen LogP contribution is 2.29. The lowest BCUT2D eigenvalue weighted by molar-refractivity contribution is 0.0742. The quantitative estimate of drug-likeness (QED) is 0.573. The summed E-state index contributed by atoms with van der Waals surface area (Å²) in [5.74, 6) is 6.48. The van der Waals surface area contributed by atoms with Gasteiger partial charge in [0, 0.05) is 13.0 Å². The van der Waals surface area contributed by atoms with E-state index in [2.05, 4.69) is 11.5 Å². The lowest BCUT2D eigenvalue weighted by Gasteiger charge is -2.22. The van der Waals surface area contributed by atoms with Gasteiger partial charge in [0.2, 0.25) is 0 Å². The Morgan fingerprint density at radius 2 is 2.38 bits per heavy atom. The lowest BCUT2D eigenvalue weighted by atomic mass is 10.1. The van der Waals surface area contributed by atoms with Crippen LogP contribution in [0.5, 0.6) is 5.75 Å². The van der Waals surface area contributed by atoms with E-state index in [1.165, 1.54) is 5.56 Å². The summed E-state index contributed by atoms with van der Waals surface area (Å²) in [6.07, 6.45) is 0.951. The molecule has 0 bridgehead atoms. The normalized spacial score (nSPS) is 20.2. The maximum Gasteiger partial charge on any atom is 0.123 e. The van der Waals surface area contributed by atoms with E-state index in [4.69, 9.17) is 15.3 Å². The van der Waals surface area contributed by atoms with Crippen LogP contribution in [-0.4, -0.2) is 25.4 Å². The zero-order valence-corrected chi connectivity index (χ0v) is 9.48. The molecule has 0 radical (unpaired) electrons. The van der Waals surface area contributed by atoms with Crippen LogP contribution in [0.15, 0.2) is 24.3 Å². The molecule has 4 nitrogen and oxygen atoms in total. The lowest BCUT2D eigenvalue weighted by Crippen LogP contribution is -2.49. The molecule has 0 saturated heterocycles. The van der Waals surface area contributed by atoms with E-state index in [0.29, 0.717) is 13.2 Å². The second kappa shape index (κ2) is 5.30. The van der Waals surface area contributed by atoms with Crippen LogP contribution in [0, 0.1) is 0 Å². The third-order valence-corrected chi connectivity index (χ3v) is 2.84. The van der Waals surface area contributed by atoms with Crippen LogP contribution in [0.4, 0.5) is 0 Å². The van der Waals surface area contributed by atoms with Crippen molar-refractivity contribution >= 4 is 0 Å². The van der Waals surface area contributed by atoms with Gasteiger partial charge < -0.3 is 9.47 Å². The Morgan fingerprint density at radius 1 is 1.56 bits per heavy atom. The van der Waals surface area contributed by atoms with Crippen LogP contribution in [-0.2, 0) is 11.2 Å². The number of nitrogens with two attached hydrogens (primary N) is 1. The molecule has 1 aromatic rings. The van der Waals surface area contributed by atoms with Gasteiger partial charge in [-0.25, -0.2) is 0 Å². The van der Waals surface area contributed by atoms with Gasteiger partial charge in [0.25, 0.3) is 0 Å². The molecule has 16 heavy (non-hydrogen) atoms. The molecule has 2 atom stereocenters. The van der Waals surface area contributed by atoms with Gasteiger partial charge in [-0.1, -0.05) is 18.2 Å². The Labute approximate surface area is 95.7 Å². The summed E-state index contributed by atoms with van der Waals surface area (Å²) in [5, 5.41) is 0. The molecular formula is C12H18N2O2. The number of fused-ring (bicyclic) bond motifs is 1. The van der Waals surface area contributed by atoms with E-state index >= 15 is 0 Å². The summed E-state index contributed by atoms with van der Waals surface area (Å²) in [7, 11) is 0. The van der Waals surface area contributed by atoms with E-state index in [1.807, 2.05) is 25.1 Å². The molecular weight excluding hydrogens is 204 g/mol. The van der Waals surface area contributed by atoms with Gasteiger partial charge >= 0.3 is 0 Å². The highest BCUT2D eigenvalue weighted by molar-refractivity contribution is 5.37. The first-order valence-electron chi connectivity index (χ1n) is 5.63. The molecule has 0 spiro atoms. The van der Waals surface area contributed by atoms with Crippen molar-refractivity contribution in [3.05, 3.63) is 29.8 Å². The number of para-hydroxylation sites is 1. The third-order valence-electron chi connectivity index (χ3n) is 2.84. The summed E-state index contributed by atoms with van der Waals surface area (Å²) in [4.78, 5) is 0. The molecule has 4 heteroatoms. The molecule has 0 aromatic heterocycles. The molecule has 3 N–H and O–H groups in total. The number of benzene rings is 1. The smallest absolute Gasteiger partial charge is 0.123 e. The van der Waals surface area contributed by atoms with Crippen LogP contribution in [0.3, 0.4) is 0 Å². The average molecular weight is 222 g/mol. The van der Waals surface area contributed by atoms with Gasteiger partial charge in [0.15, 0.2) is 0 Å². The monoisotopic (exact) mass is 222 g/mol. The topological polar surface area (TPSA) is 56.5 Å². The SMILES string of the molecule is CCOCC(NN)C1Cc2ccccc2O1. The Balaban J connectivity index is 1.98. The number of rotatable bonds is 5. The van der Waals surface area contributed by atoms with Crippen molar-refractivity contribution in [2.24, 2.45) is 5.84 Å². The number of ether oxygens (including phenoxy) is 2. The van der Waals surface area contributed by atoms with Gasteiger partial charge in [-0.3, -0.25) is 11.3 Å². The third kappa shape index (κ3) is 2.35. The maximum atomic E-state index is 5.83. The molecule has 0 aliphatic carbocycles. The Bertz CT molecular complexity index is 319. The second-order valence-corrected chi connectivity index (χ2v) is 3.90. The fraction of sp³-hybridized carbons (Fsp3) is 0.500. The van der Waals surface area contributed by atoms with Gasteiger partial charge in [-0.2, -0.15) is 0 Å². The van der Waals surface area contributed by atoms with Gasteiger partial charge in [-0.05, 0) is 18.6 Å². The van der Waals surface area contributed by atoms with Crippen LogP contribution < -0.4 is 16.0 Å². The van der Waals surface area contributed by atoms with Crippen LogP contribution in [0.25, 0.3) is 0 Å². The van der Waals surface area contributed by atoms with E-state index in [-0.39, 0.29) is 12.1 Å². The Hall–Kier alpha value is -1.10. The summed E-state index contributed by atoms with van der Waals surface area (Å²) in [6.45, 7) is 3.24. The molecule has 0 fully saturated rings. The fourth-order valence-corrected chi connectivity index (χ4v) is 1.94. The van der Waals surface area contributed by atoms with Crippen molar-refractivity contribution in [1.82, 2.24) is 5.43 Å². The fourth-order valence-electron chi connectivity index (χ4n) is 1.94. The molecule has 1 heterocycles. The molecule has 2 rings (SSSR count). The summed E-state index contributed by atoms with van der Waals surface area (Å²) < 4.78 is 11.2. The summed E-state index contributed by atoms with van der Waals surface area (Å²) in [6, 6.07) is 8.12. The zero-order chi connectivity index (χ0) is 11.4. The summed E-state index contributed by atoms with van der Waals surface area (Å²) in [5.41, 5.74) is 4.00. The largest absolute Gasteiger partial charge is 0.488 e. The van der Waals surface area contributed by atoms with Gasteiger partial charge in [0.05, 0.1) is 12.6 Å². The maximum absolute atomic E-state index is 5.83. The zero-order valence-electron chi connectivity index (χ0n) is 9.48. The first-order chi connectivity index (χ1) is 7.85. The van der Waals surface area contributed by atoms with E-state index < -0.39 is 0 Å². The number of nitrogens with one attached hydrogen (secondary N) is 1. The highest BCUT2D eigenvalue weighted by Gasteiger charge is 2.29. The minimum atomic E-state index is 0.0346. The predicted molar refractivity (Wildman–Crippen MR) is 62.2 cm³/mol. The molecule has 0 saturated carbocycles. The Morgan fingerprint density at radius 3 is 3.06 bits per heavy atom. The molecule has 2 unspecified atom stereocenters. The number of hydrazine groups is 1. The molecule has 88 valence electrons. The van der Waals surface area contributed by atoms with Crippen molar-refractivity contribution < 1.29 is 9.47 Å². The number of hydrogen-bond donors (Lipinski definition) is 2. The van der Waals surface area contributed by atoms with E-state index in [0.717, 1.165) is 12.2 Å². The second-order valence-electron chi connectivity index (χ2n) is 3.90. The van der Waals surface area contributed by atoms with Crippen molar-refractivity contribution in [3.8, 4) is 5.75 Å². The molecule has 1 aliphatic rings. The number of hydrogen-bond acceptors (Lipinski definition) is 4. The standard InChI is InChI=1S/C12H18N2O2/c1-2-15-8-10(14-13)12-7-9-5-3-4-6-11(9)16-12/h3-6,10,12,14H,2,7-8,13H2,1H3. The van der Waals surface area contributed by atoms with Crippen molar-refractivity contribution in [2.45, 2.75) is 25.5 Å². The van der Waals surface area contributed by atoms with Crippen molar-refractivity contribution in [3.63, 3.8) is 0 Å². The van der Waals surface area contributed by atoms with E-state index in [9.17, 15) is 0 Å². The Kier molecular flexibility index (Phi) is 3.77. The van der Waals surface area contributed by atoms with Gasteiger partial charge in [-0.15, -0.1) is 0 Å². The molecule has 1 aromatic carbocycles. The first kappa shape index (κ1) is 11.4. The predicted octanol–water partition coefficient (Wildman–Crippen LogP) is 0.859. The summed E-state index contributed by atoms with van der Waals surface area (Å²) >= 11 is 0. The van der Waals surface area contributed by atoms with Crippen LogP contribution in [0.2, 0.25) is 0 Å². The highest BCUT2D eigenvalue weighted by atomic mass is 16.5. The van der Waals surface area contributed by atoms with Gasteiger partial charge in [0.1, 0.15) is 11.9 Å². The van der Waals surface area contributed by atoms with Crippen molar-refractivity contribution in [2.75, 3.05) is 13.2 Å². The minimum Gasteiger partial charge on any atom is -0.488 e. The molecule has 1 aliphatic heterocycles.